The molecule has 0 bridgehead atoms. The van der Waals surface area contributed by atoms with Crippen LogP contribution in [0.4, 0.5) is 11.5 Å². The predicted molar refractivity (Wildman–Crippen MR) is 115 cm³/mol. The summed E-state index contributed by atoms with van der Waals surface area (Å²) in [5.74, 6) is 0.931. The standard InChI is InChI=1S/C24H24N4/c1-4-27(21-10-6-5-7-11-21)24-17-20(13-14-25-24)23-16-19(3)26-28(23)22-12-8-9-18(2)15-22/h5-17H,4H2,1-3H3. The molecule has 0 amide bonds. The fourth-order valence-corrected chi connectivity index (χ4v) is 3.47. The maximum Gasteiger partial charge on any atom is 0.133 e. The van der Waals surface area contributed by atoms with Gasteiger partial charge in [-0.05, 0) is 68.8 Å². The molecule has 0 fully saturated rings. The molecule has 2 aromatic heterocycles. The van der Waals surface area contributed by atoms with Crippen molar-refractivity contribution in [1.82, 2.24) is 14.8 Å². The van der Waals surface area contributed by atoms with Crippen LogP contribution in [0, 0.1) is 13.8 Å². The van der Waals surface area contributed by atoms with Crippen molar-refractivity contribution in [2.75, 3.05) is 11.4 Å². The molecule has 4 aromatic rings. The third-order valence-corrected chi connectivity index (χ3v) is 4.78. The van der Waals surface area contributed by atoms with Gasteiger partial charge >= 0.3 is 0 Å². The summed E-state index contributed by atoms with van der Waals surface area (Å²) in [5.41, 5.74) is 6.57. The first kappa shape index (κ1) is 18.0. The Labute approximate surface area is 166 Å². The Morgan fingerprint density at radius 1 is 0.893 bits per heavy atom. The minimum absolute atomic E-state index is 0.844. The van der Waals surface area contributed by atoms with Crippen LogP contribution in [0.2, 0.25) is 0 Å². The summed E-state index contributed by atoms with van der Waals surface area (Å²) in [7, 11) is 0. The van der Waals surface area contributed by atoms with Crippen LogP contribution in [0.15, 0.2) is 79.0 Å². The molecule has 0 saturated heterocycles. The van der Waals surface area contributed by atoms with Gasteiger partial charge in [0.25, 0.3) is 0 Å². The second kappa shape index (κ2) is 7.69. The van der Waals surface area contributed by atoms with Gasteiger partial charge in [0.1, 0.15) is 5.82 Å². The molecule has 0 unspecified atom stereocenters. The van der Waals surface area contributed by atoms with Crippen molar-refractivity contribution >= 4 is 11.5 Å². The molecule has 0 N–H and O–H groups in total. The summed E-state index contributed by atoms with van der Waals surface area (Å²) >= 11 is 0. The number of para-hydroxylation sites is 1. The number of aryl methyl sites for hydroxylation is 2. The highest BCUT2D eigenvalue weighted by atomic mass is 15.3. The van der Waals surface area contributed by atoms with Crippen molar-refractivity contribution in [3.63, 3.8) is 0 Å². The van der Waals surface area contributed by atoms with Crippen LogP contribution >= 0.6 is 0 Å². The van der Waals surface area contributed by atoms with Crippen LogP contribution < -0.4 is 4.90 Å². The van der Waals surface area contributed by atoms with Gasteiger partial charge in [-0.2, -0.15) is 5.10 Å². The lowest BCUT2D eigenvalue weighted by atomic mass is 10.1. The molecule has 4 rings (SSSR count). The molecule has 0 saturated carbocycles. The molecule has 0 atom stereocenters. The van der Waals surface area contributed by atoms with Gasteiger partial charge in [0, 0.05) is 24.0 Å². The Kier molecular flexibility index (Phi) is 4.94. The first-order valence-electron chi connectivity index (χ1n) is 9.58. The van der Waals surface area contributed by atoms with E-state index in [1.807, 2.05) is 29.9 Å². The molecule has 2 aromatic carbocycles. The van der Waals surface area contributed by atoms with E-state index >= 15 is 0 Å². The van der Waals surface area contributed by atoms with Crippen molar-refractivity contribution in [3.8, 4) is 16.9 Å². The van der Waals surface area contributed by atoms with E-state index in [2.05, 4.69) is 84.4 Å². The normalized spacial score (nSPS) is 10.8. The molecular formula is C24H24N4. The molecule has 0 aliphatic carbocycles. The molecule has 4 nitrogen and oxygen atoms in total. The summed E-state index contributed by atoms with van der Waals surface area (Å²) in [4.78, 5) is 6.84. The molecular weight excluding hydrogens is 344 g/mol. The third-order valence-electron chi connectivity index (χ3n) is 4.78. The number of hydrogen-bond acceptors (Lipinski definition) is 3. The Morgan fingerprint density at radius 3 is 2.46 bits per heavy atom. The Hall–Kier alpha value is -3.40. The quantitative estimate of drug-likeness (QED) is 0.452. The van der Waals surface area contributed by atoms with Crippen LogP contribution in [0.3, 0.4) is 0 Å². The van der Waals surface area contributed by atoms with E-state index in [0.717, 1.165) is 40.7 Å². The lowest BCUT2D eigenvalue weighted by molar-refractivity contribution is 0.867. The zero-order chi connectivity index (χ0) is 19.5. The smallest absolute Gasteiger partial charge is 0.133 e. The van der Waals surface area contributed by atoms with Gasteiger partial charge in [0.05, 0.1) is 17.1 Å². The number of benzene rings is 2. The van der Waals surface area contributed by atoms with E-state index < -0.39 is 0 Å². The van der Waals surface area contributed by atoms with Crippen LogP contribution in [-0.2, 0) is 0 Å². The molecule has 0 aliphatic rings. The SMILES string of the molecule is CCN(c1ccccc1)c1cc(-c2cc(C)nn2-c2cccc(C)c2)ccn1. The van der Waals surface area contributed by atoms with Crippen LogP contribution in [0.1, 0.15) is 18.2 Å². The lowest BCUT2D eigenvalue weighted by Gasteiger charge is -2.22. The zero-order valence-electron chi connectivity index (χ0n) is 16.5. The Bertz CT molecular complexity index is 1080. The maximum absolute atomic E-state index is 4.73. The van der Waals surface area contributed by atoms with Crippen molar-refractivity contribution in [2.45, 2.75) is 20.8 Å². The topological polar surface area (TPSA) is 34.0 Å². The van der Waals surface area contributed by atoms with E-state index in [1.54, 1.807) is 0 Å². The average molecular weight is 368 g/mol. The van der Waals surface area contributed by atoms with Crippen LogP contribution in [-0.4, -0.2) is 21.3 Å². The predicted octanol–water partition coefficient (Wildman–Crippen LogP) is 5.71. The summed E-state index contributed by atoms with van der Waals surface area (Å²) < 4.78 is 2.01. The van der Waals surface area contributed by atoms with Gasteiger partial charge in [-0.1, -0.05) is 30.3 Å². The zero-order valence-corrected chi connectivity index (χ0v) is 16.5. The average Bonchev–Trinajstić information content (AvgIpc) is 3.12. The molecule has 0 aliphatic heterocycles. The number of nitrogens with zero attached hydrogens (tertiary/aromatic N) is 4. The monoisotopic (exact) mass is 368 g/mol. The molecule has 2 heterocycles. The molecule has 0 radical (unpaired) electrons. The fourth-order valence-electron chi connectivity index (χ4n) is 3.47. The minimum atomic E-state index is 0.844. The van der Waals surface area contributed by atoms with Crippen molar-refractivity contribution in [2.24, 2.45) is 0 Å². The van der Waals surface area contributed by atoms with E-state index in [1.165, 1.54) is 5.56 Å². The summed E-state index contributed by atoms with van der Waals surface area (Å²) in [5, 5.41) is 4.73. The number of pyridine rings is 1. The summed E-state index contributed by atoms with van der Waals surface area (Å²) in [6.07, 6.45) is 1.87. The lowest BCUT2D eigenvalue weighted by Crippen LogP contribution is -2.17. The van der Waals surface area contributed by atoms with E-state index in [4.69, 9.17) is 5.10 Å². The van der Waals surface area contributed by atoms with Crippen molar-refractivity contribution < 1.29 is 0 Å². The van der Waals surface area contributed by atoms with Crippen LogP contribution in [0.5, 0.6) is 0 Å². The highest BCUT2D eigenvalue weighted by molar-refractivity contribution is 5.69. The van der Waals surface area contributed by atoms with Gasteiger partial charge in [-0.25, -0.2) is 9.67 Å². The molecule has 4 heteroatoms. The summed E-state index contributed by atoms with van der Waals surface area (Å²) in [6.45, 7) is 7.11. The van der Waals surface area contributed by atoms with Gasteiger partial charge in [0.15, 0.2) is 0 Å². The van der Waals surface area contributed by atoms with Gasteiger partial charge in [-0.3, -0.25) is 0 Å². The van der Waals surface area contributed by atoms with Gasteiger partial charge < -0.3 is 4.90 Å². The maximum atomic E-state index is 4.73. The summed E-state index contributed by atoms with van der Waals surface area (Å²) in [6, 6.07) is 25.1. The third kappa shape index (κ3) is 3.54. The Balaban J connectivity index is 1.79. The number of rotatable bonds is 5. The fraction of sp³-hybridized carbons (Fsp3) is 0.167. The van der Waals surface area contributed by atoms with E-state index in [-0.39, 0.29) is 0 Å². The van der Waals surface area contributed by atoms with E-state index in [9.17, 15) is 0 Å². The Morgan fingerprint density at radius 2 is 1.71 bits per heavy atom. The molecule has 140 valence electrons. The van der Waals surface area contributed by atoms with Crippen molar-refractivity contribution in [3.05, 3.63) is 90.3 Å². The van der Waals surface area contributed by atoms with Crippen LogP contribution in [0.25, 0.3) is 16.9 Å². The first-order valence-corrected chi connectivity index (χ1v) is 9.58. The largest absolute Gasteiger partial charge is 0.327 e. The number of anilines is 2. The van der Waals surface area contributed by atoms with Crippen molar-refractivity contribution in [1.29, 1.82) is 0 Å². The second-order valence-electron chi connectivity index (χ2n) is 6.90. The molecule has 28 heavy (non-hydrogen) atoms. The van der Waals surface area contributed by atoms with E-state index in [0.29, 0.717) is 0 Å². The second-order valence-corrected chi connectivity index (χ2v) is 6.90. The van der Waals surface area contributed by atoms with Gasteiger partial charge in [0.2, 0.25) is 0 Å². The van der Waals surface area contributed by atoms with Gasteiger partial charge in [-0.15, -0.1) is 0 Å². The first-order chi connectivity index (χ1) is 13.7. The minimum Gasteiger partial charge on any atom is -0.327 e. The highest BCUT2D eigenvalue weighted by Crippen LogP contribution is 2.29. The number of aromatic nitrogens is 3. The highest BCUT2D eigenvalue weighted by Gasteiger charge is 2.14. The number of hydrogen-bond donors (Lipinski definition) is 0. The molecule has 0 spiro atoms.